The molecule has 0 saturated heterocycles. The van der Waals surface area contributed by atoms with Crippen LogP contribution in [0, 0.1) is 0 Å². The van der Waals surface area contributed by atoms with Gasteiger partial charge < -0.3 is 14.8 Å². The highest BCUT2D eigenvalue weighted by atomic mass is 35.5. The van der Waals surface area contributed by atoms with Crippen molar-refractivity contribution in [3.05, 3.63) is 99.5 Å². The van der Waals surface area contributed by atoms with E-state index in [1.165, 1.54) is 29.7 Å². The molecule has 0 aliphatic rings. The van der Waals surface area contributed by atoms with Crippen LogP contribution in [0.25, 0.3) is 0 Å². The monoisotopic (exact) mass is 588 g/mol. The van der Waals surface area contributed by atoms with Gasteiger partial charge in [0.25, 0.3) is 0 Å². The van der Waals surface area contributed by atoms with Gasteiger partial charge in [-0.1, -0.05) is 29.8 Å². The molecule has 0 saturated carbocycles. The second-order valence-corrected chi connectivity index (χ2v) is 9.67. The van der Waals surface area contributed by atoms with Gasteiger partial charge in [-0.25, -0.2) is 10.4 Å². The van der Waals surface area contributed by atoms with Crippen LogP contribution < -0.4 is 20.2 Å². The first-order chi connectivity index (χ1) is 19.2. The van der Waals surface area contributed by atoms with E-state index < -0.39 is 17.6 Å². The number of rotatable bonds is 11. The Hall–Kier alpha value is -4.09. The summed E-state index contributed by atoms with van der Waals surface area (Å²) in [5.74, 6) is 0.700. The van der Waals surface area contributed by atoms with Gasteiger partial charge in [0.1, 0.15) is 6.61 Å². The molecule has 0 fully saturated rings. The lowest BCUT2D eigenvalue weighted by molar-refractivity contribution is -0.137. The largest absolute Gasteiger partial charge is 0.490 e. The molecule has 0 radical (unpaired) electrons. The third-order valence-corrected chi connectivity index (χ3v) is 6.37. The minimum Gasteiger partial charge on any atom is -0.490 e. The predicted molar refractivity (Wildman–Crippen MR) is 150 cm³/mol. The van der Waals surface area contributed by atoms with Crippen LogP contribution in [-0.4, -0.2) is 23.7 Å². The Morgan fingerprint density at radius 1 is 1.07 bits per heavy atom. The normalized spacial score (nSPS) is 11.4. The Balaban J connectivity index is 1.30. The van der Waals surface area contributed by atoms with E-state index in [9.17, 15) is 18.0 Å². The number of carbonyl (C=O) groups excluding carboxylic acids is 1. The number of thiazole rings is 1. The molecular formula is C28H24ClF3N4O3S. The number of hydrazone groups is 1. The van der Waals surface area contributed by atoms with Gasteiger partial charge in [0.15, 0.2) is 16.6 Å². The minimum absolute atomic E-state index is 0.0558. The van der Waals surface area contributed by atoms with E-state index in [4.69, 9.17) is 21.1 Å². The number of nitrogens with one attached hydrogen (secondary N) is 2. The lowest BCUT2D eigenvalue weighted by Gasteiger charge is -2.12. The molecule has 3 aromatic carbocycles. The maximum absolute atomic E-state index is 12.9. The number of alkyl halides is 3. The lowest BCUT2D eigenvalue weighted by atomic mass is 10.2. The average Bonchev–Trinajstić information content (AvgIpc) is 3.35. The topological polar surface area (TPSA) is 84.8 Å². The third kappa shape index (κ3) is 8.45. The van der Waals surface area contributed by atoms with E-state index >= 15 is 0 Å². The van der Waals surface area contributed by atoms with Crippen LogP contribution in [0.15, 0.2) is 77.2 Å². The van der Waals surface area contributed by atoms with Crippen molar-refractivity contribution in [1.82, 2.24) is 10.4 Å². The van der Waals surface area contributed by atoms with E-state index in [1.807, 2.05) is 19.1 Å². The van der Waals surface area contributed by atoms with Crippen LogP contribution in [0.2, 0.25) is 5.02 Å². The van der Waals surface area contributed by atoms with Gasteiger partial charge in [-0.05, 0) is 66.6 Å². The van der Waals surface area contributed by atoms with Gasteiger partial charge >= 0.3 is 6.18 Å². The summed E-state index contributed by atoms with van der Waals surface area (Å²) >= 11 is 7.10. The Morgan fingerprint density at radius 2 is 1.88 bits per heavy atom. The number of benzene rings is 3. The summed E-state index contributed by atoms with van der Waals surface area (Å²) in [6.07, 6.45) is -3.02. The molecule has 1 amide bonds. The number of nitrogens with zero attached hydrogens (tertiary/aromatic N) is 2. The fourth-order valence-corrected chi connectivity index (χ4v) is 4.32. The number of anilines is 2. The fraction of sp³-hybridized carbons (Fsp3) is 0.179. The maximum Gasteiger partial charge on any atom is 0.416 e. The number of halogens is 4. The number of hydrogen-bond donors (Lipinski definition) is 2. The summed E-state index contributed by atoms with van der Waals surface area (Å²) in [6.45, 7) is 2.64. The van der Waals surface area contributed by atoms with E-state index in [0.717, 1.165) is 17.7 Å². The second kappa shape index (κ2) is 13.3. The van der Waals surface area contributed by atoms with Crippen molar-refractivity contribution in [2.24, 2.45) is 5.10 Å². The van der Waals surface area contributed by atoms with Crippen LogP contribution in [0.1, 0.15) is 29.3 Å². The Morgan fingerprint density at radius 3 is 2.62 bits per heavy atom. The van der Waals surface area contributed by atoms with Gasteiger partial charge in [0.2, 0.25) is 5.91 Å². The zero-order valence-corrected chi connectivity index (χ0v) is 22.7. The van der Waals surface area contributed by atoms with E-state index in [2.05, 4.69) is 20.8 Å². The molecule has 0 bridgehead atoms. The molecule has 12 heteroatoms. The molecule has 40 heavy (non-hydrogen) atoms. The van der Waals surface area contributed by atoms with Crippen molar-refractivity contribution >= 4 is 45.9 Å². The van der Waals surface area contributed by atoms with Gasteiger partial charge in [-0.15, -0.1) is 11.3 Å². The van der Waals surface area contributed by atoms with Crippen LogP contribution in [0.4, 0.5) is 24.0 Å². The number of hydrogen-bond acceptors (Lipinski definition) is 7. The van der Waals surface area contributed by atoms with Crippen molar-refractivity contribution in [2.45, 2.75) is 26.1 Å². The number of ether oxygens (including phenoxy) is 2. The third-order valence-electron chi connectivity index (χ3n) is 5.31. The molecule has 1 heterocycles. The predicted octanol–water partition coefficient (Wildman–Crippen LogP) is 7.23. The summed E-state index contributed by atoms with van der Waals surface area (Å²) in [5, 5.41) is 9.50. The van der Waals surface area contributed by atoms with E-state index in [1.54, 1.807) is 35.7 Å². The lowest BCUT2D eigenvalue weighted by Crippen LogP contribution is -2.19. The second-order valence-electron chi connectivity index (χ2n) is 8.37. The molecule has 7 nitrogen and oxygen atoms in total. The molecule has 2 N–H and O–H groups in total. The molecule has 1 aromatic heterocycles. The van der Waals surface area contributed by atoms with Gasteiger partial charge in [0.05, 0.1) is 30.5 Å². The van der Waals surface area contributed by atoms with Crippen LogP contribution >= 0.6 is 22.9 Å². The molecule has 4 aromatic rings. The summed E-state index contributed by atoms with van der Waals surface area (Å²) < 4.78 is 50.4. The van der Waals surface area contributed by atoms with Crippen LogP contribution in [-0.2, 0) is 24.0 Å². The SMILES string of the molecule is CCOc1cc(/C=N\NC(=O)Cc2csc(Nc3cccc(C(F)(F)F)c3)n2)ccc1OCc1ccc(Cl)cc1. The summed E-state index contributed by atoms with van der Waals surface area (Å²) in [7, 11) is 0. The highest BCUT2D eigenvalue weighted by Gasteiger charge is 2.30. The summed E-state index contributed by atoms with van der Waals surface area (Å²) in [6, 6.07) is 17.5. The smallest absolute Gasteiger partial charge is 0.416 e. The van der Waals surface area contributed by atoms with E-state index in [-0.39, 0.29) is 12.1 Å². The molecule has 0 unspecified atom stereocenters. The molecular weight excluding hydrogens is 565 g/mol. The summed E-state index contributed by atoms with van der Waals surface area (Å²) in [4.78, 5) is 16.6. The standard InChI is InChI=1S/C28H24ClF3N4O3S/c1-2-38-25-12-19(8-11-24(25)39-16-18-6-9-21(29)10-7-18)15-33-36-26(37)14-23-17-40-27(35-23)34-22-5-3-4-20(13-22)28(30,31)32/h3-13,15,17H,2,14,16H2,1H3,(H,34,35)(H,36,37)/b33-15-. The highest BCUT2D eigenvalue weighted by Crippen LogP contribution is 2.32. The van der Waals surface area contributed by atoms with Crippen molar-refractivity contribution < 1.29 is 27.4 Å². The molecule has 0 aliphatic carbocycles. The Bertz CT molecular complexity index is 1480. The quantitative estimate of drug-likeness (QED) is 0.143. The molecule has 208 valence electrons. The fourth-order valence-electron chi connectivity index (χ4n) is 3.46. The molecule has 0 spiro atoms. The first kappa shape index (κ1) is 28.9. The number of aromatic nitrogens is 1. The van der Waals surface area contributed by atoms with Crippen LogP contribution in [0.5, 0.6) is 11.5 Å². The van der Waals surface area contributed by atoms with Gasteiger partial charge in [0, 0.05) is 16.1 Å². The Labute approximate surface area is 237 Å². The van der Waals surface area contributed by atoms with Crippen molar-refractivity contribution in [3.63, 3.8) is 0 Å². The minimum atomic E-state index is -4.44. The Kier molecular flexibility index (Phi) is 9.62. The van der Waals surface area contributed by atoms with Gasteiger partial charge in [-0.2, -0.15) is 18.3 Å². The molecule has 0 atom stereocenters. The zero-order valence-electron chi connectivity index (χ0n) is 21.2. The highest BCUT2D eigenvalue weighted by molar-refractivity contribution is 7.13. The summed E-state index contributed by atoms with van der Waals surface area (Å²) in [5.41, 5.74) is 4.02. The number of amides is 1. The van der Waals surface area contributed by atoms with Gasteiger partial charge in [-0.3, -0.25) is 4.79 Å². The zero-order chi connectivity index (χ0) is 28.5. The molecule has 0 aliphatic heterocycles. The maximum atomic E-state index is 12.9. The van der Waals surface area contributed by atoms with Crippen LogP contribution in [0.3, 0.4) is 0 Å². The first-order valence-electron chi connectivity index (χ1n) is 12.0. The average molecular weight is 589 g/mol. The van der Waals surface area contributed by atoms with Crippen molar-refractivity contribution in [3.8, 4) is 11.5 Å². The van der Waals surface area contributed by atoms with Crippen molar-refractivity contribution in [2.75, 3.05) is 11.9 Å². The van der Waals surface area contributed by atoms with E-state index in [0.29, 0.717) is 46.1 Å². The first-order valence-corrected chi connectivity index (χ1v) is 13.3. The number of carbonyl (C=O) groups is 1. The molecule has 4 rings (SSSR count). The van der Waals surface area contributed by atoms with Crippen molar-refractivity contribution in [1.29, 1.82) is 0 Å².